The Kier molecular flexibility index (Phi) is 13.0. The predicted octanol–water partition coefficient (Wildman–Crippen LogP) is 6.96. The first kappa shape index (κ1) is 34.5. The maximum absolute atomic E-state index is 14.2. The summed E-state index contributed by atoms with van der Waals surface area (Å²) in [6.45, 7) is 5.99. The molecule has 3 aromatic rings. The van der Waals surface area contributed by atoms with Gasteiger partial charge in [-0.05, 0) is 86.0 Å². The summed E-state index contributed by atoms with van der Waals surface area (Å²) >= 11 is 18.4. The molecule has 0 radical (unpaired) electrons. The Morgan fingerprint density at radius 3 is 2.16 bits per heavy atom. The van der Waals surface area contributed by atoms with Crippen LogP contribution >= 0.6 is 34.8 Å². The lowest BCUT2D eigenvalue weighted by atomic mass is 10.1. The van der Waals surface area contributed by atoms with Crippen LogP contribution in [0.4, 0.5) is 5.69 Å². The van der Waals surface area contributed by atoms with Crippen LogP contribution in [0.3, 0.4) is 0 Å². The quantitative estimate of drug-likeness (QED) is 0.177. The van der Waals surface area contributed by atoms with E-state index in [0.29, 0.717) is 46.0 Å². The van der Waals surface area contributed by atoms with E-state index in [4.69, 9.17) is 39.5 Å². The number of hydrogen-bond donors (Lipinski definition) is 1. The number of anilines is 1. The molecule has 8 nitrogen and oxygen atoms in total. The number of nitrogens with zero attached hydrogens (tertiary/aromatic N) is 2. The highest BCUT2D eigenvalue weighted by Crippen LogP contribution is 2.28. The van der Waals surface area contributed by atoms with Gasteiger partial charge >= 0.3 is 0 Å². The van der Waals surface area contributed by atoms with Gasteiger partial charge in [0.05, 0.1) is 27.2 Å². The molecule has 0 saturated carbocycles. The lowest BCUT2D eigenvalue weighted by Crippen LogP contribution is -2.52. The normalized spacial score (nSPS) is 12.0. The van der Waals surface area contributed by atoms with Crippen LogP contribution in [0.15, 0.2) is 71.6 Å². The van der Waals surface area contributed by atoms with Gasteiger partial charge in [0.25, 0.3) is 10.0 Å². The van der Waals surface area contributed by atoms with Crippen LogP contribution in [0, 0.1) is 0 Å². The number of unbranched alkanes of at least 4 members (excludes halogenated alkanes) is 1. The van der Waals surface area contributed by atoms with Crippen LogP contribution in [0.2, 0.25) is 15.1 Å². The van der Waals surface area contributed by atoms with Crippen LogP contribution in [-0.4, -0.2) is 50.9 Å². The van der Waals surface area contributed by atoms with E-state index in [1.165, 1.54) is 29.2 Å². The van der Waals surface area contributed by atoms with Gasteiger partial charge in [-0.25, -0.2) is 8.42 Å². The van der Waals surface area contributed by atoms with Crippen molar-refractivity contribution in [2.24, 2.45) is 0 Å². The molecule has 1 unspecified atom stereocenters. The third-order valence-corrected chi connectivity index (χ3v) is 9.45. The molecule has 0 spiro atoms. The van der Waals surface area contributed by atoms with E-state index < -0.39 is 28.5 Å². The monoisotopic (exact) mass is 667 g/mol. The average Bonchev–Trinajstić information content (AvgIpc) is 2.98. The molecule has 0 saturated heterocycles. The largest absolute Gasteiger partial charge is 0.494 e. The average molecular weight is 669 g/mol. The summed E-state index contributed by atoms with van der Waals surface area (Å²) in [5, 5.41) is 3.92. The number of carbonyl (C=O) groups is 2. The molecule has 3 rings (SSSR count). The highest BCUT2D eigenvalue weighted by atomic mass is 35.5. The standard InChI is InChI=1S/C31H36Cl3N3O5S/c1-4-7-18-35-31(39)29(5-2)36(20-22-8-17-27(33)28(34)19-22)30(38)21-37(24-11-13-25(14-12-24)42-6-3)43(40,41)26-15-9-23(32)10-16-26/h8-17,19,29H,4-7,18,20-21H2,1-3H3,(H,35,39). The lowest BCUT2D eigenvalue weighted by molar-refractivity contribution is -0.140. The molecule has 12 heteroatoms. The van der Waals surface area contributed by atoms with E-state index in [9.17, 15) is 18.0 Å². The fourth-order valence-electron chi connectivity index (χ4n) is 4.40. The molecule has 1 N–H and O–H groups in total. The van der Waals surface area contributed by atoms with Gasteiger partial charge in [-0.3, -0.25) is 13.9 Å². The first-order valence-electron chi connectivity index (χ1n) is 14.0. The second kappa shape index (κ2) is 16.2. The topological polar surface area (TPSA) is 96.0 Å². The second-order valence-corrected chi connectivity index (χ2v) is 12.8. The number of amides is 2. The number of hydrogen-bond acceptors (Lipinski definition) is 5. The Morgan fingerprint density at radius 1 is 0.907 bits per heavy atom. The molecular formula is C31H36Cl3N3O5S. The minimum atomic E-state index is -4.23. The lowest BCUT2D eigenvalue weighted by Gasteiger charge is -2.33. The van der Waals surface area contributed by atoms with Crippen molar-refractivity contribution in [1.29, 1.82) is 0 Å². The summed E-state index contributed by atoms with van der Waals surface area (Å²) in [4.78, 5) is 28.8. The zero-order valence-electron chi connectivity index (χ0n) is 24.4. The molecule has 0 aromatic heterocycles. The molecule has 3 aromatic carbocycles. The SMILES string of the molecule is CCCCNC(=O)C(CC)N(Cc1ccc(Cl)c(Cl)c1)C(=O)CN(c1ccc(OCC)cc1)S(=O)(=O)c1ccc(Cl)cc1. The molecule has 2 amide bonds. The van der Waals surface area contributed by atoms with Gasteiger partial charge in [0.1, 0.15) is 18.3 Å². The van der Waals surface area contributed by atoms with Crippen molar-refractivity contribution in [3.05, 3.63) is 87.4 Å². The summed E-state index contributed by atoms with van der Waals surface area (Å²) in [5.74, 6) is -0.343. The third-order valence-electron chi connectivity index (χ3n) is 6.67. The van der Waals surface area contributed by atoms with Crippen molar-refractivity contribution in [2.45, 2.75) is 57.5 Å². The van der Waals surface area contributed by atoms with Gasteiger partial charge in [0, 0.05) is 18.1 Å². The van der Waals surface area contributed by atoms with Gasteiger partial charge in [-0.1, -0.05) is 61.1 Å². The van der Waals surface area contributed by atoms with Crippen molar-refractivity contribution in [2.75, 3.05) is 24.0 Å². The molecule has 0 fully saturated rings. The number of nitrogens with one attached hydrogen (secondary N) is 1. The number of carbonyl (C=O) groups excluding carboxylic acids is 2. The number of ether oxygens (including phenoxy) is 1. The zero-order chi connectivity index (χ0) is 31.6. The van der Waals surface area contributed by atoms with E-state index in [-0.39, 0.29) is 23.0 Å². The van der Waals surface area contributed by atoms with Gasteiger partial charge < -0.3 is 15.0 Å². The maximum atomic E-state index is 14.2. The van der Waals surface area contributed by atoms with Crippen molar-refractivity contribution >= 4 is 62.3 Å². The Labute approximate surface area is 268 Å². The molecule has 0 aliphatic heterocycles. The molecule has 43 heavy (non-hydrogen) atoms. The minimum Gasteiger partial charge on any atom is -0.494 e. The highest BCUT2D eigenvalue weighted by Gasteiger charge is 2.33. The van der Waals surface area contributed by atoms with Crippen LogP contribution in [-0.2, 0) is 26.2 Å². The number of halogens is 3. The van der Waals surface area contributed by atoms with Crippen molar-refractivity contribution in [3.63, 3.8) is 0 Å². The summed E-state index contributed by atoms with van der Waals surface area (Å²) in [7, 11) is -4.23. The first-order valence-corrected chi connectivity index (χ1v) is 16.6. The van der Waals surface area contributed by atoms with Crippen LogP contribution in [0.25, 0.3) is 0 Å². The fourth-order valence-corrected chi connectivity index (χ4v) is 6.26. The molecular weight excluding hydrogens is 633 g/mol. The maximum Gasteiger partial charge on any atom is 0.264 e. The van der Waals surface area contributed by atoms with Gasteiger partial charge in [-0.15, -0.1) is 0 Å². The van der Waals surface area contributed by atoms with E-state index in [0.717, 1.165) is 17.1 Å². The molecule has 1 atom stereocenters. The van der Waals surface area contributed by atoms with Crippen LogP contribution in [0.1, 0.15) is 45.6 Å². The van der Waals surface area contributed by atoms with Crippen LogP contribution < -0.4 is 14.4 Å². The number of sulfonamides is 1. The predicted molar refractivity (Wildman–Crippen MR) is 173 cm³/mol. The highest BCUT2D eigenvalue weighted by molar-refractivity contribution is 7.92. The Morgan fingerprint density at radius 2 is 1.58 bits per heavy atom. The second-order valence-electron chi connectivity index (χ2n) is 9.73. The van der Waals surface area contributed by atoms with Gasteiger partial charge in [-0.2, -0.15) is 0 Å². The molecule has 232 valence electrons. The van der Waals surface area contributed by atoms with E-state index >= 15 is 0 Å². The van der Waals surface area contributed by atoms with Crippen molar-refractivity contribution in [3.8, 4) is 5.75 Å². The van der Waals surface area contributed by atoms with Gasteiger partial charge in [0.2, 0.25) is 11.8 Å². The Bertz CT molecular complexity index is 1490. The number of benzene rings is 3. The molecule has 0 bridgehead atoms. The fraction of sp³-hybridized carbons (Fsp3) is 0.355. The van der Waals surface area contributed by atoms with Gasteiger partial charge in [0.15, 0.2) is 0 Å². The smallest absolute Gasteiger partial charge is 0.264 e. The minimum absolute atomic E-state index is 0.00748. The zero-order valence-corrected chi connectivity index (χ0v) is 27.4. The molecule has 0 heterocycles. The first-order chi connectivity index (χ1) is 20.5. The summed E-state index contributed by atoms with van der Waals surface area (Å²) < 4.78 is 34.5. The summed E-state index contributed by atoms with van der Waals surface area (Å²) in [6, 6.07) is 16.2. The van der Waals surface area contributed by atoms with Crippen molar-refractivity contribution < 1.29 is 22.7 Å². The van der Waals surface area contributed by atoms with E-state index in [1.807, 2.05) is 13.8 Å². The number of rotatable bonds is 15. The third kappa shape index (κ3) is 9.25. The molecule has 0 aliphatic carbocycles. The van der Waals surface area contributed by atoms with E-state index in [2.05, 4.69) is 5.32 Å². The summed E-state index contributed by atoms with van der Waals surface area (Å²) in [5.41, 5.74) is 0.887. The van der Waals surface area contributed by atoms with E-state index in [1.54, 1.807) is 49.4 Å². The molecule has 0 aliphatic rings. The summed E-state index contributed by atoms with van der Waals surface area (Å²) in [6.07, 6.45) is 1.98. The Balaban J connectivity index is 2.05. The van der Waals surface area contributed by atoms with Crippen LogP contribution in [0.5, 0.6) is 5.75 Å². The van der Waals surface area contributed by atoms with Crippen molar-refractivity contribution in [1.82, 2.24) is 10.2 Å². The Hall–Kier alpha value is -2.98.